The van der Waals surface area contributed by atoms with Crippen LogP contribution in [-0.4, -0.2) is 16.4 Å². The Balaban J connectivity index is 2.18. The van der Waals surface area contributed by atoms with Crippen LogP contribution < -0.4 is 16.8 Å². The first-order valence-corrected chi connectivity index (χ1v) is 6.63. The molecule has 0 radical (unpaired) electrons. The van der Waals surface area contributed by atoms with E-state index in [4.69, 9.17) is 11.5 Å². The van der Waals surface area contributed by atoms with Gasteiger partial charge >= 0.3 is 0 Å². The summed E-state index contributed by atoms with van der Waals surface area (Å²) in [4.78, 5) is 22.6. The molecule has 0 bridgehead atoms. The molecule has 0 unspecified atom stereocenters. The van der Waals surface area contributed by atoms with Gasteiger partial charge < -0.3 is 21.4 Å². The minimum absolute atomic E-state index is 0.250. The second-order valence-electron chi connectivity index (χ2n) is 4.73. The van der Waals surface area contributed by atoms with E-state index in [1.54, 1.807) is 12.1 Å². The lowest BCUT2D eigenvalue weighted by Crippen LogP contribution is -2.16. The van der Waals surface area contributed by atoms with E-state index in [1.807, 2.05) is 18.5 Å². The van der Waals surface area contributed by atoms with Crippen LogP contribution in [0, 0.1) is 0 Å². The van der Waals surface area contributed by atoms with Crippen molar-refractivity contribution in [1.29, 1.82) is 0 Å². The number of hydrogen-bond donors (Lipinski definition) is 3. The number of nitrogens with zero attached hydrogens (tertiary/aromatic N) is 1. The van der Waals surface area contributed by atoms with Crippen molar-refractivity contribution in [2.24, 2.45) is 11.5 Å². The Kier molecular flexibility index (Phi) is 4.27. The van der Waals surface area contributed by atoms with Gasteiger partial charge in [0.1, 0.15) is 0 Å². The van der Waals surface area contributed by atoms with Crippen molar-refractivity contribution in [2.75, 3.05) is 5.32 Å². The number of benzene rings is 1. The predicted molar refractivity (Wildman–Crippen MR) is 80.9 cm³/mol. The van der Waals surface area contributed by atoms with Crippen LogP contribution in [0.3, 0.4) is 0 Å². The molecule has 2 amide bonds. The van der Waals surface area contributed by atoms with E-state index >= 15 is 0 Å². The molecule has 0 aliphatic rings. The molecule has 0 saturated carbocycles. The van der Waals surface area contributed by atoms with Gasteiger partial charge in [-0.1, -0.05) is 0 Å². The summed E-state index contributed by atoms with van der Waals surface area (Å²) < 4.78 is 2.06. The molecule has 6 nitrogen and oxygen atoms in total. The fraction of sp³-hybridized carbons (Fsp3) is 0.200. The van der Waals surface area contributed by atoms with E-state index in [0.717, 1.165) is 12.1 Å². The normalized spacial score (nSPS) is 10.3. The standard InChI is InChI=1S/C15H18N4O2/c1-2-19-4-3-10(9-19)8-18-13-6-11(14(16)20)5-12(7-13)15(17)21/h3-7,9,18H,2,8H2,1H3,(H2,16,20)(H2,17,21). The zero-order valence-electron chi connectivity index (χ0n) is 11.8. The third-order valence-corrected chi connectivity index (χ3v) is 3.18. The van der Waals surface area contributed by atoms with Crippen LogP contribution in [0.1, 0.15) is 33.2 Å². The lowest BCUT2D eigenvalue weighted by Gasteiger charge is -2.08. The summed E-state index contributed by atoms with van der Waals surface area (Å²) >= 11 is 0. The molecule has 2 rings (SSSR count). The average molecular weight is 286 g/mol. The molecule has 0 spiro atoms. The number of amides is 2. The Bertz CT molecular complexity index is 644. The molecule has 0 atom stereocenters. The summed E-state index contributed by atoms with van der Waals surface area (Å²) in [7, 11) is 0. The van der Waals surface area contributed by atoms with E-state index < -0.39 is 11.8 Å². The summed E-state index contributed by atoms with van der Waals surface area (Å²) in [5.74, 6) is -1.20. The fourth-order valence-electron chi connectivity index (χ4n) is 2.01. The summed E-state index contributed by atoms with van der Waals surface area (Å²) in [5, 5.41) is 3.16. The van der Waals surface area contributed by atoms with E-state index in [2.05, 4.69) is 16.8 Å². The smallest absolute Gasteiger partial charge is 0.248 e. The predicted octanol–water partition coefficient (Wildman–Crippen LogP) is 1.32. The van der Waals surface area contributed by atoms with Crippen LogP contribution in [0.5, 0.6) is 0 Å². The van der Waals surface area contributed by atoms with Gasteiger partial charge in [0.25, 0.3) is 0 Å². The lowest BCUT2D eigenvalue weighted by molar-refractivity contribution is 0.0999. The molecular weight excluding hydrogens is 268 g/mol. The third-order valence-electron chi connectivity index (χ3n) is 3.18. The number of carbonyl (C=O) groups is 2. The molecule has 1 heterocycles. The van der Waals surface area contributed by atoms with Crippen molar-refractivity contribution in [2.45, 2.75) is 20.0 Å². The van der Waals surface area contributed by atoms with Gasteiger partial charge in [-0.2, -0.15) is 0 Å². The second-order valence-corrected chi connectivity index (χ2v) is 4.73. The first kappa shape index (κ1) is 14.6. The Morgan fingerprint density at radius 2 is 1.76 bits per heavy atom. The molecule has 0 aliphatic carbocycles. The number of hydrogen-bond acceptors (Lipinski definition) is 3. The molecule has 1 aromatic carbocycles. The van der Waals surface area contributed by atoms with Crippen LogP contribution in [0.4, 0.5) is 5.69 Å². The SMILES string of the molecule is CCn1ccc(CNc2cc(C(N)=O)cc(C(N)=O)c2)c1. The van der Waals surface area contributed by atoms with Gasteiger partial charge in [-0.15, -0.1) is 0 Å². The summed E-state index contributed by atoms with van der Waals surface area (Å²) in [6, 6.07) is 6.60. The highest BCUT2D eigenvalue weighted by atomic mass is 16.1. The van der Waals surface area contributed by atoms with E-state index in [9.17, 15) is 9.59 Å². The number of nitrogens with one attached hydrogen (secondary N) is 1. The van der Waals surface area contributed by atoms with E-state index in [1.165, 1.54) is 6.07 Å². The quantitative estimate of drug-likeness (QED) is 0.746. The molecule has 2 aromatic rings. The molecule has 1 aromatic heterocycles. The maximum atomic E-state index is 11.3. The van der Waals surface area contributed by atoms with E-state index in [0.29, 0.717) is 12.2 Å². The molecule has 110 valence electrons. The monoisotopic (exact) mass is 286 g/mol. The summed E-state index contributed by atoms with van der Waals surface area (Å²) in [5.41, 5.74) is 12.7. The van der Waals surface area contributed by atoms with E-state index in [-0.39, 0.29) is 11.1 Å². The topological polar surface area (TPSA) is 103 Å². The number of aryl methyl sites for hydroxylation is 1. The number of nitrogens with two attached hydrogens (primary N) is 2. The molecule has 0 aliphatic heterocycles. The van der Waals surface area contributed by atoms with Gasteiger partial charge in [-0.05, 0) is 36.8 Å². The van der Waals surface area contributed by atoms with Crippen molar-refractivity contribution in [3.05, 3.63) is 53.3 Å². The average Bonchev–Trinajstić information content (AvgIpc) is 2.92. The van der Waals surface area contributed by atoms with Crippen molar-refractivity contribution >= 4 is 17.5 Å². The van der Waals surface area contributed by atoms with Crippen molar-refractivity contribution in [3.8, 4) is 0 Å². The first-order chi connectivity index (χ1) is 9.99. The maximum absolute atomic E-state index is 11.3. The van der Waals surface area contributed by atoms with Crippen LogP contribution >= 0.6 is 0 Å². The van der Waals surface area contributed by atoms with Crippen LogP contribution in [-0.2, 0) is 13.1 Å². The number of carbonyl (C=O) groups excluding carboxylic acids is 2. The lowest BCUT2D eigenvalue weighted by atomic mass is 10.1. The minimum atomic E-state index is -0.599. The minimum Gasteiger partial charge on any atom is -0.381 e. The Morgan fingerprint density at radius 1 is 1.14 bits per heavy atom. The zero-order chi connectivity index (χ0) is 15.4. The fourth-order valence-corrected chi connectivity index (χ4v) is 2.01. The molecular formula is C15H18N4O2. The molecule has 5 N–H and O–H groups in total. The zero-order valence-corrected chi connectivity index (χ0v) is 11.8. The number of aromatic nitrogens is 1. The highest BCUT2D eigenvalue weighted by Gasteiger charge is 2.09. The van der Waals surface area contributed by atoms with Gasteiger partial charge in [-0.25, -0.2) is 0 Å². The van der Waals surface area contributed by atoms with Gasteiger partial charge in [0.05, 0.1) is 0 Å². The Labute approximate surface area is 122 Å². The molecule has 0 fully saturated rings. The van der Waals surface area contributed by atoms with Crippen molar-refractivity contribution < 1.29 is 9.59 Å². The largest absolute Gasteiger partial charge is 0.381 e. The molecule has 6 heteroatoms. The van der Waals surface area contributed by atoms with Crippen molar-refractivity contribution in [1.82, 2.24) is 4.57 Å². The first-order valence-electron chi connectivity index (χ1n) is 6.63. The van der Waals surface area contributed by atoms with Crippen LogP contribution in [0.2, 0.25) is 0 Å². The maximum Gasteiger partial charge on any atom is 0.248 e. The van der Waals surface area contributed by atoms with Crippen molar-refractivity contribution in [3.63, 3.8) is 0 Å². The van der Waals surface area contributed by atoms with Gasteiger partial charge in [-0.3, -0.25) is 9.59 Å². The van der Waals surface area contributed by atoms with Gasteiger partial charge in [0, 0.05) is 42.3 Å². The number of rotatable bonds is 6. The summed E-state index contributed by atoms with van der Waals surface area (Å²) in [6.07, 6.45) is 4.02. The van der Waals surface area contributed by atoms with Gasteiger partial charge in [0.2, 0.25) is 11.8 Å². The molecule has 0 saturated heterocycles. The van der Waals surface area contributed by atoms with Gasteiger partial charge in [0.15, 0.2) is 0 Å². The molecule has 21 heavy (non-hydrogen) atoms. The number of primary amides is 2. The Morgan fingerprint density at radius 3 is 2.24 bits per heavy atom. The second kappa shape index (κ2) is 6.13. The summed E-state index contributed by atoms with van der Waals surface area (Å²) in [6.45, 7) is 3.54. The third kappa shape index (κ3) is 3.62. The number of anilines is 1. The van der Waals surface area contributed by atoms with Crippen LogP contribution in [0.25, 0.3) is 0 Å². The Hall–Kier alpha value is -2.76. The highest BCUT2D eigenvalue weighted by Crippen LogP contribution is 2.16. The highest BCUT2D eigenvalue weighted by molar-refractivity contribution is 5.99. The van der Waals surface area contributed by atoms with Crippen LogP contribution in [0.15, 0.2) is 36.7 Å².